The highest BCUT2D eigenvalue weighted by Crippen LogP contribution is 2.39. The molecule has 2 fully saturated rings. The molecular formula is C7H14ClNO. The zero-order valence-electron chi connectivity index (χ0n) is 5.95. The summed E-state index contributed by atoms with van der Waals surface area (Å²) in [5.41, 5.74) is 5.79. The first-order chi connectivity index (χ1) is 4.38. The molecule has 0 bridgehead atoms. The van der Waals surface area contributed by atoms with Gasteiger partial charge in [-0.3, -0.25) is 0 Å². The molecule has 0 aromatic rings. The van der Waals surface area contributed by atoms with E-state index in [0.29, 0.717) is 12.0 Å². The monoisotopic (exact) mass is 163 g/mol. The number of rotatable bonds is 1. The van der Waals surface area contributed by atoms with Crippen LogP contribution in [0.5, 0.6) is 0 Å². The van der Waals surface area contributed by atoms with E-state index < -0.39 is 0 Å². The number of halogens is 1. The van der Waals surface area contributed by atoms with Crippen LogP contribution in [0.2, 0.25) is 0 Å². The molecule has 2 rings (SSSR count). The Kier molecular flexibility index (Phi) is 2.55. The normalized spacial score (nSPS) is 39.3. The number of hydrogen-bond acceptors (Lipinski definition) is 2. The third kappa shape index (κ3) is 1.44. The minimum Gasteiger partial charge on any atom is -0.379 e. The van der Waals surface area contributed by atoms with Gasteiger partial charge in [0.25, 0.3) is 0 Å². The van der Waals surface area contributed by atoms with Gasteiger partial charge in [0.2, 0.25) is 0 Å². The largest absolute Gasteiger partial charge is 0.379 e. The molecule has 1 saturated heterocycles. The van der Waals surface area contributed by atoms with Crippen molar-refractivity contribution in [3.05, 3.63) is 0 Å². The molecule has 0 amide bonds. The zero-order chi connectivity index (χ0) is 6.27. The number of hydrogen-bond donors (Lipinski definition) is 1. The molecule has 60 valence electrons. The maximum absolute atomic E-state index is 5.79. The quantitative estimate of drug-likeness (QED) is 0.621. The lowest BCUT2D eigenvalue weighted by Gasteiger charge is -2.09. The van der Waals surface area contributed by atoms with E-state index in [1.165, 1.54) is 12.8 Å². The van der Waals surface area contributed by atoms with E-state index in [9.17, 15) is 0 Å². The topological polar surface area (TPSA) is 35.2 Å². The van der Waals surface area contributed by atoms with Gasteiger partial charge in [0.15, 0.2) is 0 Å². The Labute approximate surface area is 67.5 Å². The molecule has 2 N–H and O–H groups in total. The van der Waals surface area contributed by atoms with Crippen molar-refractivity contribution in [1.29, 1.82) is 0 Å². The van der Waals surface area contributed by atoms with Crippen molar-refractivity contribution in [1.82, 2.24) is 0 Å². The van der Waals surface area contributed by atoms with Gasteiger partial charge < -0.3 is 10.5 Å². The summed E-state index contributed by atoms with van der Waals surface area (Å²) in [6.45, 7) is 1.72. The summed E-state index contributed by atoms with van der Waals surface area (Å²) in [5, 5.41) is 0. The summed E-state index contributed by atoms with van der Waals surface area (Å²) in [6.07, 6.45) is 2.78. The van der Waals surface area contributed by atoms with Crippen LogP contribution in [0.15, 0.2) is 0 Å². The molecule has 2 atom stereocenters. The van der Waals surface area contributed by atoms with Gasteiger partial charge in [-0.1, -0.05) is 0 Å². The van der Waals surface area contributed by atoms with Crippen LogP contribution in [-0.4, -0.2) is 19.3 Å². The van der Waals surface area contributed by atoms with Gasteiger partial charge in [0.05, 0.1) is 13.2 Å². The maximum Gasteiger partial charge on any atom is 0.0621 e. The van der Waals surface area contributed by atoms with Crippen molar-refractivity contribution in [2.75, 3.05) is 13.2 Å². The zero-order valence-corrected chi connectivity index (χ0v) is 6.77. The average molecular weight is 164 g/mol. The Morgan fingerprint density at radius 2 is 1.90 bits per heavy atom. The molecule has 0 aromatic carbocycles. The summed E-state index contributed by atoms with van der Waals surface area (Å²) < 4.78 is 5.25. The van der Waals surface area contributed by atoms with Crippen molar-refractivity contribution < 1.29 is 4.74 Å². The van der Waals surface area contributed by atoms with Crippen LogP contribution < -0.4 is 5.73 Å². The minimum atomic E-state index is 0. The van der Waals surface area contributed by atoms with Gasteiger partial charge in [0, 0.05) is 12.0 Å². The van der Waals surface area contributed by atoms with E-state index in [2.05, 4.69) is 0 Å². The first-order valence-electron chi connectivity index (χ1n) is 3.71. The Morgan fingerprint density at radius 1 is 1.20 bits per heavy atom. The molecule has 2 nitrogen and oxygen atoms in total. The van der Waals surface area contributed by atoms with Crippen LogP contribution >= 0.6 is 12.4 Å². The van der Waals surface area contributed by atoms with Gasteiger partial charge in [-0.05, 0) is 18.8 Å². The van der Waals surface area contributed by atoms with E-state index in [0.717, 1.165) is 19.1 Å². The van der Waals surface area contributed by atoms with Crippen LogP contribution in [0.25, 0.3) is 0 Å². The van der Waals surface area contributed by atoms with Crippen LogP contribution in [0.3, 0.4) is 0 Å². The fourth-order valence-corrected chi connectivity index (χ4v) is 1.60. The second-order valence-electron chi connectivity index (χ2n) is 3.20. The maximum atomic E-state index is 5.79. The third-order valence-electron chi connectivity index (χ3n) is 2.40. The predicted molar refractivity (Wildman–Crippen MR) is 42.3 cm³/mol. The van der Waals surface area contributed by atoms with Crippen LogP contribution in [-0.2, 0) is 4.74 Å². The Morgan fingerprint density at radius 3 is 2.30 bits per heavy atom. The highest BCUT2D eigenvalue weighted by Gasteiger charge is 2.38. The highest BCUT2D eigenvalue weighted by atomic mass is 35.5. The molecule has 2 unspecified atom stereocenters. The fourth-order valence-electron chi connectivity index (χ4n) is 1.60. The van der Waals surface area contributed by atoms with Crippen molar-refractivity contribution in [3.63, 3.8) is 0 Å². The smallest absolute Gasteiger partial charge is 0.0621 e. The van der Waals surface area contributed by atoms with Crippen molar-refractivity contribution in [3.8, 4) is 0 Å². The van der Waals surface area contributed by atoms with E-state index in [4.69, 9.17) is 10.5 Å². The van der Waals surface area contributed by atoms with Gasteiger partial charge >= 0.3 is 0 Å². The molecule has 1 aliphatic carbocycles. The van der Waals surface area contributed by atoms with E-state index >= 15 is 0 Å². The second kappa shape index (κ2) is 3.07. The first kappa shape index (κ1) is 8.31. The molecular weight excluding hydrogens is 150 g/mol. The fraction of sp³-hybridized carbons (Fsp3) is 1.00. The van der Waals surface area contributed by atoms with E-state index in [1.54, 1.807) is 0 Å². The third-order valence-corrected chi connectivity index (χ3v) is 2.40. The van der Waals surface area contributed by atoms with Gasteiger partial charge in [0.1, 0.15) is 0 Å². The van der Waals surface area contributed by atoms with Crippen LogP contribution in [0.1, 0.15) is 12.8 Å². The predicted octanol–water partition coefficient (Wildman–Crippen LogP) is 0.792. The number of nitrogens with two attached hydrogens (primary N) is 1. The summed E-state index contributed by atoms with van der Waals surface area (Å²) >= 11 is 0. The summed E-state index contributed by atoms with van der Waals surface area (Å²) in [4.78, 5) is 0. The van der Waals surface area contributed by atoms with Crippen LogP contribution in [0, 0.1) is 11.8 Å². The van der Waals surface area contributed by atoms with Crippen molar-refractivity contribution in [2.24, 2.45) is 17.6 Å². The number of ether oxygens (including phenoxy) is 1. The van der Waals surface area contributed by atoms with Gasteiger partial charge in [-0.15, -0.1) is 12.4 Å². The summed E-state index contributed by atoms with van der Waals surface area (Å²) in [5.74, 6) is 1.62. The molecule has 0 spiro atoms. The first-order valence-corrected chi connectivity index (χ1v) is 3.71. The SMILES string of the molecule is Cl.NC1COCC1C1CC1. The van der Waals surface area contributed by atoms with Gasteiger partial charge in [-0.25, -0.2) is 0 Å². The highest BCUT2D eigenvalue weighted by molar-refractivity contribution is 5.85. The molecule has 0 radical (unpaired) electrons. The molecule has 1 aliphatic heterocycles. The van der Waals surface area contributed by atoms with Gasteiger partial charge in [-0.2, -0.15) is 0 Å². The van der Waals surface area contributed by atoms with Crippen LogP contribution in [0.4, 0.5) is 0 Å². The standard InChI is InChI=1S/C7H13NO.ClH/c8-7-4-9-3-6(7)5-1-2-5;/h5-7H,1-4,8H2;1H. The second-order valence-corrected chi connectivity index (χ2v) is 3.20. The molecule has 0 aromatic heterocycles. The molecule has 10 heavy (non-hydrogen) atoms. The summed E-state index contributed by atoms with van der Waals surface area (Å²) in [7, 11) is 0. The lowest BCUT2D eigenvalue weighted by Crippen LogP contribution is -2.29. The lowest BCUT2D eigenvalue weighted by molar-refractivity contribution is 0.181. The Hall–Kier alpha value is 0.210. The average Bonchev–Trinajstić information content (AvgIpc) is 2.58. The molecule has 1 saturated carbocycles. The van der Waals surface area contributed by atoms with Crippen molar-refractivity contribution >= 4 is 12.4 Å². The van der Waals surface area contributed by atoms with E-state index in [-0.39, 0.29) is 12.4 Å². The van der Waals surface area contributed by atoms with Crippen molar-refractivity contribution in [2.45, 2.75) is 18.9 Å². The van der Waals surface area contributed by atoms with E-state index in [1.807, 2.05) is 0 Å². The minimum absolute atomic E-state index is 0. The molecule has 2 aliphatic rings. The molecule has 1 heterocycles. The summed E-state index contributed by atoms with van der Waals surface area (Å²) in [6, 6.07) is 0.345. The Balaban J connectivity index is 0.000000500. The molecule has 3 heteroatoms. The lowest BCUT2D eigenvalue weighted by atomic mass is 9.99. The Bertz CT molecular complexity index is 116.